The standard InChI is InChI=1S/C12H17N5O4/c1-21-5-4-17-7-8(6-13-17)14-10(18)3-2-9-11(19)16-12(20)15-9/h6-7,9H,2-5H2,1H3,(H,14,18)(H2,15,16,19,20)/t9-/m1/s1. The number of ether oxygens (including phenoxy) is 1. The Labute approximate surface area is 121 Å². The first-order valence-corrected chi connectivity index (χ1v) is 6.51. The Morgan fingerprint density at radius 2 is 2.33 bits per heavy atom. The molecule has 0 bridgehead atoms. The third kappa shape index (κ3) is 4.28. The predicted molar refractivity (Wildman–Crippen MR) is 72.4 cm³/mol. The average molecular weight is 295 g/mol. The molecule has 21 heavy (non-hydrogen) atoms. The van der Waals surface area contributed by atoms with Crippen molar-refractivity contribution in [2.45, 2.75) is 25.4 Å². The summed E-state index contributed by atoms with van der Waals surface area (Å²) in [6.07, 6.45) is 3.61. The van der Waals surface area contributed by atoms with Crippen LogP contribution in [0.1, 0.15) is 12.8 Å². The number of amides is 4. The van der Waals surface area contributed by atoms with E-state index in [1.54, 1.807) is 18.0 Å². The monoisotopic (exact) mass is 295 g/mol. The van der Waals surface area contributed by atoms with Crippen molar-refractivity contribution >= 4 is 23.5 Å². The van der Waals surface area contributed by atoms with E-state index in [1.807, 2.05) is 0 Å². The molecular weight excluding hydrogens is 278 g/mol. The molecule has 0 radical (unpaired) electrons. The second kappa shape index (κ2) is 6.84. The molecule has 1 aromatic rings. The van der Waals surface area contributed by atoms with E-state index in [0.717, 1.165) is 0 Å². The third-order valence-corrected chi connectivity index (χ3v) is 2.96. The second-order valence-electron chi connectivity index (χ2n) is 4.59. The van der Waals surface area contributed by atoms with Gasteiger partial charge >= 0.3 is 6.03 Å². The van der Waals surface area contributed by atoms with E-state index in [9.17, 15) is 14.4 Å². The molecular formula is C12H17N5O4. The highest BCUT2D eigenvalue weighted by Crippen LogP contribution is 2.08. The summed E-state index contributed by atoms with van der Waals surface area (Å²) in [5, 5.41) is 11.3. The Balaban J connectivity index is 1.75. The van der Waals surface area contributed by atoms with Gasteiger partial charge in [0.1, 0.15) is 6.04 Å². The van der Waals surface area contributed by atoms with Gasteiger partial charge in [0.25, 0.3) is 5.91 Å². The quantitative estimate of drug-likeness (QED) is 0.584. The first kappa shape index (κ1) is 15.0. The Hall–Kier alpha value is -2.42. The van der Waals surface area contributed by atoms with E-state index >= 15 is 0 Å². The molecule has 2 heterocycles. The summed E-state index contributed by atoms with van der Waals surface area (Å²) in [6, 6.07) is -1.17. The van der Waals surface area contributed by atoms with Gasteiger partial charge in [0.15, 0.2) is 0 Å². The normalized spacial score (nSPS) is 17.5. The highest BCUT2D eigenvalue weighted by Gasteiger charge is 2.29. The molecule has 9 nitrogen and oxygen atoms in total. The molecule has 3 N–H and O–H groups in total. The highest BCUT2D eigenvalue weighted by atomic mass is 16.5. The van der Waals surface area contributed by atoms with Gasteiger partial charge in [-0.2, -0.15) is 5.10 Å². The lowest BCUT2D eigenvalue weighted by atomic mass is 10.1. The van der Waals surface area contributed by atoms with Gasteiger partial charge in [0.2, 0.25) is 5.91 Å². The molecule has 4 amide bonds. The van der Waals surface area contributed by atoms with Crippen LogP contribution < -0.4 is 16.0 Å². The molecule has 0 unspecified atom stereocenters. The van der Waals surface area contributed by atoms with Gasteiger partial charge < -0.3 is 15.4 Å². The van der Waals surface area contributed by atoms with Crippen molar-refractivity contribution in [3.63, 3.8) is 0 Å². The van der Waals surface area contributed by atoms with Crippen LogP contribution in [0.5, 0.6) is 0 Å². The number of hydrogen-bond acceptors (Lipinski definition) is 5. The van der Waals surface area contributed by atoms with Gasteiger partial charge in [-0.25, -0.2) is 4.79 Å². The number of imide groups is 1. The summed E-state index contributed by atoms with van der Waals surface area (Å²) >= 11 is 0. The Morgan fingerprint density at radius 3 is 3.00 bits per heavy atom. The molecule has 1 fully saturated rings. The van der Waals surface area contributed by atoms with E-state index in [-0.39, 0.29) is 18.7 Å². The van der Waals surface area contributed by atoms with Crippen molar-refractivity contribution in [3.05, 3.63) is 12.4 Å². The minimum atomic E-state index is -0.646. The topological polar surface area (TPSA) is 114 Å². The maximum Gasteiger partial charge on any atom is 0.322 e. The lowest BCUT2D eigenvalue weighted by molar-refractivity contribution is -0.120. The molecule has 1 aliphatic heterocycles. The number of hydrogen-bond donors (Lipinski definition) is 3. The van der Waals surface area contributed by atoms with Crippen LogP contribution in [0.3, 0.4) is 0 Å². The lowest BCUT2D eigenvalue weighted by Crippen LogP contribution is -2.30. The predicted octanol–water partition coefficient (Wildman–Crippen LogP) is -0.544. The van der Waals surface area contributed by atoms with Crippen molar-refractivity contribution in [2.75, 3.05) is 19.0 Å². The number of carbonyl (C=O) groups excluding carboxylic acids is 3. The summed E-state index contributed by atoms with van der Waals surface area (Å²) in [5.74, 6) is -0.643. The van der Waals surface area contributed by atoms with Crippen LogP contribution in [0.2, 0.25) is 0 Å². The molecule has 1 aromatic heterocycles. The summed E-state index contributed by atoms with van der Waals surface area (Å²) in [4.78, 5) is 34.0. The molecule has 1 aliphatic rings. The van der Waals surface area contributed by atoms with Crippen LogP contribution in [0.25, 0.3) is 0 Å². The molecule has 114 valence electrons. The fourth-order valence-corrected chi connectivity index (χ4v) is 1.90. The van der Waals surface area contributed by atoms with Crippen LogP contribution >= 0.6 is 0 Å². The van der Waals surface area contributed by atoms with Crippen molar-refractivity contribution in [1.29, 1.82) is 0 Å². The summed E-state index contributed by atoms with van der Waals surface area (Å²) in [5.41, 5.74) is 0.580. The Kier molecular flexibility index (Phi) is 4.88. The Bertz CT molecular complexity index is 542. The van der Waals surface area contributed by atoms with Crippen LogP contribution in [-0.4, -0.2) is 47.4 Å². The first-order chi connectivity index (χ1) is 10.1. The molecule has 1 saturated heterocycles. The van der Waals surface area contributed by atoms with Crippen molar-refractivity contribution in [3.8, 4) is 0 Å². The van der Waals surface area contributed by atoms with Crippen LogP contribution in [0.4, 0.5) is 10.5 Å². The zero-order chi connectivity index (χ0) is 15.2. The zero-order valence-corrected chi connectivity index (χ0v) is 11.6. The Morgan fingerprint density at radius 1 is 1.52 bits per heavy atom. The van der Waals surface area contributed by atoms with Gasteiger partial charge in [0.05, 0.1) is 25.0 Å². The molecule has 1 atom stereocenters. The van der Waals surface area contributed by atoms with Gasteiger partial charge in [0, 0.05) is 19.7 Å². The molecule has 0 spiro atoms. The summed E-state index contributed by atoms with van der Waals surface area (Å²) < 4.78 is 6.59. The van der Waals surface area contributed by atoms with Gasteiger partial charge in [-0.1, -0.05) is 0 Å². The second-order valence-corrected chi connectivity index (χ2v) is 4.59. The number of methoxy groups -OCH3 is 1. The van der Waals surface area contributed by atoms with E-state index < -0.39 is 18.0 Å². The molecule has 9 heteroatoms. The zero-order valence-electron chi connectivity index (χ0n) is 11.6. The highest BCUT2D eigenvalue weighted by molar-refractivity contribution is 6.04. The van der Waals surface area contributed by atoms with Crippen molar-refractivity contribution in [2.24, 2.45) is 0 Å². The maximum atomic E-state index is 11.8. The minimum Gasteiger partial charge on any atom is -0.383 e. The number of nitrogens with one attached hydrogen (secondary N) is 3. The van der Waals surface area contributed by atoms with Gasteiger partial charge in [-0.05, 0) is 6.42 Å². The van der Waals surface area contributed by atoms with Crippen LogP contribution in [0.15, 0.2) is 12.4 Å². The number of aromatic nitrogens is 2. The summed E-state index contributed by atoms with van der Waals surface area (Å²) in [6.45, 7) is 1.13. The average Bonchev–Trinajstić information content (AvgIpc) is 3.00. The van der Waals surface area contributed by atoms with E-state index in [0.29, 0.717) is 18.8 Å². The maximum absolute atomic E-state index is 11.8. The number of anilines is 1. The van der Waals surface area contributed by atoms with E-state index in [4.69, 9.17) is 4.74 Å². The van der Waals surface area contributed by atoms with E-state index in [2.05, 4.69) is 21.0 Å². The van der Waals surface area contributed by atoms with Gasteiger partial charge in [-0.3, -0.25) is 19.6 Å². The number of carbonyl (C=O) groups is 3. The fourth-order valence-electron chi connectivity index (χ4n) is 1.90. The van der Waals surface area contributed by atoms with Crippen LogP contribution in [-0.2, 0) is 20.9 Å². The molecule has 0 aromatic carbocycles. The number of nitrogens with zero attached hydrogens (tertiary/aromatic N) is 2. The fraction of sp³-hybridized carbons (Fsp3) is 0.500. The largest absolute Gasteiger partial charge is 0.383 e. The lowest BCUT2D eigenvalue weighted by Gasteiger charge is -2.06. The summed E-state index contributed by atoms with van der Waals surface area (Å²) in [7, 11) is 1.60. The molecule has 2 rings (SSSR count). The molecule has 0 saturated carbocycles. The smallest absolute Gasteiger partial charge is 0.322 e. The minimum absolute atomic E-state index is 0.127. The van der Waals surface area contributed by atoms with Crippen LogP contribution in [0, 0.1) is 0 Å². The third-order valence-electron chi connectivity index (χ3n) is 2.96. The number of urea groups is 1. The van der Waals surface area contributed by atoms with Crippen molar-refractivity contribution < 1.29 is 19.1 Å². The number of rotatable bonds is 7. The first-order valence-electron chi connectivity index (χ1n) is 6.51. The van der Waals surface area contributed by atoms with Gasteiger partial charge in [-0.15, -0.1) is 0 Å². The van der Waals surface area contributed by atoms with E-state index in [1.165, 1.54) is 6.20 Å². The SMILES string of the molecule is COCCn1cc(NC(=O)CC[C@H]2NC(=O)NC2=O)cn1. The van der Waals surface area contributed by atoms with Crippen molar-refractivity contribution in [1.82, 2.24) is 20.4 Å². The molecule has 0 aliphatic carbocycles.